The van der Waals surface area contributed by atoms with Crippen LogP contribution in [-0.4, -0.2) is 22.0 Å². The third kappa shape index (κ3) is 2.83. The van der Waals surface area contributed by atoms with Gasteiger partial charge in [-0.1, -0.05) is 17.7 Å². The number of carboxylic acids is 1. The fraction of sp³-hybridized carbons (Fsp3) is 0.133. The van der Waals surface area contributed by atoms with E-state index in [0.717, 1.165) is 11.1 Å². The third-order valence-electron chi connectivity index (χ3n) is 2.94. The van der Waals surface area contributed by atoms with Gasteiger partial charge in [-0.25, -0.2) is 4.79 Å². The first-order valence-electron chi connectivity index (χ1n) is 6.05. The lowest BCUT2D eigenvalue weighted by molar-refractivity contribution is 0.0698. The predicted octanol–water partition coefficient (Wildman–Crippen LogP) is 2.65. The molecule has 0 aliphatic rings. The first kappa shape index (κ1) is 13.7. The minimum atomic E-state index is -1.11. The predicted molar refractivity (Wildman–Crippen MR) is 75.1 cm³/mol. The number of amides is 1. The van der Waals surface area contributed by atoms with Crippen LogP contribution < -0.4 is 5.32 Å². The van der Waals surface area contributed by atoms with E-state index in [2.05, 4.69) is 10.3 Å². The van der Waals surface area contributed by atoms with E-state index in [9.17, 15) is 9.59 Å². The van der Waals surface area contributed by atoms with Crippen LogP contribution in [0.4, 0.5) is 5.69 Å². The Kier molecular flexibility index (Phi) is 3.79. The van der Waals surface area contributed by atoms with Gasteiger partial charge in [0.25, 0.3) is 5.91 Å². The summed E-state index contributed by atoms with van der Waals surface area (Å²) in [5, 5.41) is 11.7. The lowest BCUT2D eigenvalue weighted by Crippen LogP contribution is -2.16. The number of carbonyl (C=O) groups excluding carboxylic acids is 1. The molecule has 0 unspecified atom stereocenters. The van der Waals surface area contributed by atoms with Crippen molar-refractivity contribution < 1.29 is 14.7 Å². The van der Waals surface area contributed by atoms with Crippen molar-refractivity contribution in [1.82, 2.24) is 4.98 Å². The average molecular weight is 270 g/mol. The van der Waals surface area contributed by atoms with E-state index in [1.807, 2.05) is 26.0 Å². The summed E-state index contributed by atoms with van der Waals surface area (Å²) < 4.78 is 0. The van der Waals surface area contributed by atoms with E-state index >= 15 is 0 Å². The fourth-order valence-corrected chi connectivity index (χ4v) is 1.85. The number of hydrogen-bond donors (Lipinski definition) is 2. The van der Waals surface area contributed by atoms with Crippen LogP contribution in [0.3, 0.4) is 0 Å². The highest BCUT2D eigenvalue weighted by Crippen LogP contribution is 2.17. The molecule has 0 saturated heterocycles. The Morgan fingerprint density at radius 1 is 1.15 bits per heavy atom. The SMILES string of the molecule is Cc1ccc(C)c(C(=O)Nc2cnccc2C(=O)O)c1. The second-order valence-corrected chi connectivity index (χ2v) is 4.50. The maximum Gasteiger partial charge on any atom is 0.337 e. The van der Waals surface area contributed by atoms with Crippen LogP contribution in [0, 0.1) is 13.8 Å². The summed E-state index contributed by atoms with van der Waals surface area (Å²) in [6.07, 6.45) is 2.70. The van der Waals surface area contributed by atoms with Gasteiger partial charge in [0.1, 0.15) is 0 Å². The van der Waals surface area contributed by atoms with Crippen LogP contribution in [0.5, 0.6) is 0 Å². The molecule has 5 heteroatoms. The topological polar surface area (TPSA) is 79.3 Å². The largest absolute Gasteiger partial charge is 0.478 e. The minimum absolute atomic E-state index is 0.0126. The van der Waals surface area contributed by atoms with Gasteiger partial charge in [0.05, 0.1) is 17.4 Å². The number of nitrogens with one attached hydrogen (secondary N) is 1. The summed E-state index contributed by atoms with van der Waals surface area (Å²) >= 11 is 0. The first-order valence-corrected chi connectivity index (χ1v) is 6.05. The molecule has 1 amide bonds. The van der Waals surface area contributed by atoms with Crippen molar-refractivity contribution in [3.8, 4) is 0 Å². The van der Waals surface area contributed by atoms with Crippen molar-refractivity contribution in [3.63, 3.8) is 0 Å². The summed E-state index contributed by atoms with van der Waals surface area (Å²) in [6.45, 7) is 3.72. The number of aromatic carboxylic acids is 1. The molecule has 1 aromatic carbocycles. The molecule has 1 heterocycles. The number of anilines is 1. The van der Waals surface area contributed by atoms with Crippen molar-refractivity contribution in [1.29, 1.82) is 0 Å². The Bertz CT molecular complexity index is 681. The molecule has 0 aliphatic carbocycles. The molecule has 0 fully saturated rings. The number of carboxylic acid groups (broad SMARTS) is 1. The van der Waals surface area contributed by atoms with Crippen LogP contribution in [-0.2, 0) is 0 Å². The second kappa shape index (κ2) is 5.52. The van der Waals surface area contributed by atoms with Gasteiger partial charge in [0.2, 0.25) is 0 Å². The number of aromatic nitrogens is 1. The van der Waals surface area contributed by atoms with Gasteiger partial charge in [-0.15, -0.1) is 0 Å². The Morgan fingerprint density at radius 3 is 2.60 bits per heavy atom. The maximum atomic E-state index is 12.2. The summed E-state index contributed by atoms with van der Waals surface area (Å²) in [6, 6.07) is 6.88. The molecule has 0 aliphatic heterocycles. The quantitative estimate of drug-likeness (QED) is 0.898. The first-order chi connectivity index (χ1) is 9.49. The molecule has 0 saturated carbocycles. The van der Waals surface area contributed by atoms with E-state index in [1.54, 1.807) is 6.07 Å². The Balaban J connectivity index is 2.33. The smallest absolute Gasteiger partial charge is 0.337 e. The van der Waals surface area contributed by atoms with Gasteiger partial charge in [-0.3, -0.25) is 9.78 Å². The Hall–Kier alpha value is -2.69. The second-order valence-electron chi connectivity index (χ2n) is 4.50. The van der Waals surface area contributed by atoms with Gasteiger partial charge >= 0.3 is 5.97 Å². The number of aryl methyl sites for hydroxylation is 2. The zero-order valence-corrected chi connectivity index (χ0v) is 11.2. The van der Waals surface area contributed by atoms with Crippen molar-refractivity contribution in [2.75, 3.05) is 5.32 Å². The van der Waals surface area contributed by atoms with Crippen molar-refractivity contribution in [2.24, 2.45) is 0 Å². The highest BCUT2D eigenvalue weighted by Gasteiger charge is 2.14. The summed E-state index contributed by atoms with van der Waals surface area (Å²) in [7, 11) is 0. The van der Waals surface area contributed by atoms with E-state index in [0.29, 0.717) is 5.56 Å². The van der Waals surface area contributed by atoms with Crippen molar-refractivity contribution in [2.45, 2.75) is 13.8 Å². The Morgan fingerprint density at radius 2 is 1.90 bits per heavy atom. The van der Waals surface area contributed by atoms with Crippen LogP contribution >= 0.6 is 0 Å². The lowest BCUT2D eigenvalue weighted by Gasteiger charge is -2.10. The molecule has 0 atom stereocenters. The number of carbonyl (C=O) groups is 2. The molecule has 0 radical (unpaired) electrons. The number of benzene rings is 1. The lowest BCUT2D eigenvalue weighted by atomic mass is 10.0. The minimum Gasteiger partial charge on any atom is -0.478 e. The van der Waals surface area contributed by atoms with E-state index in [4.69, 9.17) is 5.11 Å². The maximum absolute atomic E-state index is 12.2. The molecule has 5 nitrogen and oxygen atoms in total. The van der Waals surface area contributed by atoms with Crippen molar-refractivity contribution >= 4 is 17.6 Å². The van der Waals surface area contributed by atoms with Gasteiger partial charge in [-0.2, -0.15) is 0 Å². The van der Waals surface area contributed by atoms with Crippen LogP contribution in [0.2, 0.25) is 0 Å². The highest BCUT2D eigenvalue weighted by atomic mass is 16.4. The standard InChI is InChI=1S/C15H14N2O3/c1-9-3-4-10(2)12(7-9)14(18)17-13-8-16-6-5-11(13)15(19)20/h3-8H,1-2H3,(H,17,18)(H,19,20). The van der Waals surface area contributed by atoms with E-state index in [1.165, 1.54) is 18.5 Å². The zero-order valence-electron chi connectivity index (χ0n) is 11.2. The number of hydrogen-bond acceptors (Lipinski definition) is 3. The molecule has 20 heavy (non-hydrogen) atoms. The van der Waals surface area contributed by atoms with Gasteiger partial charge < -0.3 is 10.4 Å². The monoisotopic (exact) mass is 270 g/mol. The molecule has 2 rings (SSSR count). The molecular formula is C15H14N2O3. The van der Waals surface area contributed by atoms with Gasteiger partial charge in [0.15, 0.2) is 0 Å². The molecule has 0 spiro atoms. The highest BCUT2D eigenvalue weighted by molar-refractivity contribution is 6.08. The van der Waals surface area contributed by atoms with Crippen LogP contribution in [0.1, 0.15) is 31.8 Å². The molecule has 1 aromatic heterocycles. The van der Waals surface area contributed by atoms with Crippen molar-refractivity contribution in [3.05, 3.63) is 58.9 Å². The van der Waals surface area contributed by atoms with E-state index in [-0.39, 0.29) is 17.2 Å². The van der Waals surface area contributed by atoms with Gasteiger partial charge in [0, 0.05) is 11.8 Å². The van der Waals surface area contributed by atoms with Crippen LogP contribution in [0.25, 0.3) is 0 Å². The number of nitrogens with zero attached hydrogens (tertiary/aromatic N) is 1. The molecule has 102 valence electrons. The molecule has 2 aromatic rings. The third-order valence-corrected chi connectivity index (χ3v) is 2.94. The molecule has 0 bridgehead atoms. The Labute approximate surface area is 116 Å². The molecule has 2 N–H and O–H groups in total. The van der Waals surface area contributed by atoms with Gasteiger partial charge in [-0.05, 0) is 31.5 Å². The average Bonchev–Trinajstić information content (AvgIpc) is 2.41. The number of pyridine rings is 1. The van der Waals surface area contributed by atoms with Crippen LogP contribution in [0.15, 0.2) is 36.7 Å². The molecular weight excluding hydrogens is 256 g/mol. The zero-order chi connectivity index (χ0) is 14.7. The summed E-state index contributed by atoms with van der Waals surface area (Å²) in [5.74, 6) is -1.45. The van der Waals surface area contributed by atoms with E-state index < -0.39 is 5.97 Å². The number of rotatable bonds is 3. The summed E-state index contributed by atoms with van der Waals surface area (Å²) in [5.41, 5.74) is 2.51. The summed E-state index contributed by atoms with van der Waals surface area (Å²) in [4.78, 5) is 27.1. The fourth-order valence-electron chi connectivity index (χ4n) is 1.85. The normalized spacial score (nSPS) is 10.1.